The van der Waals surface area contributed by atoms with Crippen LogP contribution in [-0.4, -0.2) is 10.5 Å². The number of nitrogens with zero attached hydrogens (tertiary/aromatic N) is 3. The lowest BCUT2D eigenvalue weighted by Gasteiger charge is -2.09. The fraction of sp³-hybridized carbons (Fsp3) is 0.240. The number of carbonyl (C=O) groups excluding carboxylic acids is 1. The Labute approximate surface area is 190 Å². The highest BCUT2D eigenvalue weighted by atomic mass is 32.1. The van der Waals surface area contributed by atoms with Gasteiger partial charge >= 0.3 is 0 Å². The van der Waals surface area contributed by atoms with Crippen molar-refractivity contribution in [2.24, 2.45) is 0 Å². The summed E-state index contributed by atoms with van der Waals surface area (Å²) in [5, 5.41) is 22.5. The number of amides is 1. The van der Waals surface area contributed by atoms with Gasteiger partial charge in [-0.1, -0.05) is 6.07 Å². The van der Waals surface area contributed by atoms with Crippen molar-refractivity contribution in [2.45, 2.75) is 39.5 Å². The Bertz CT molecular complexity index is 1330. The second-order valence-corrected chi connectivity index (χ2v) is 8.90. The van der Waals surface area contributed by atoms with E-state index in [1.165, 1.54) is 29.5 Å². The summed E-state index contributed by atoms with van der Waals surface area (Å²) in [7, 11) is 0. The zero-order chi connectivity index (χ0) is 22.8. The van der Waals surface area contributed by atoms with E-state index in [1.807, 2.05) is 30.6 Å². The summed E-state index contributed by atoms with van der Waals surface area (Å²) < 4.78 is 15.6. The minimum atomic E-state index is -0.543. The summed E-state index contributed by atoms with van der Waals surface area (Å²) in [6, 6.07) is 12.3. The molecule has 0 saturated heterocycles. The molecule has 5 nitrogen and oxygen atoms in total. The van der Waals surface area contributed by atoms with Gasteiger partial charge in [0.1, 0.15) is 28.5 Å². The molecular formula is C25H21FN4OS. The van der Waals surface area contributed by atoms with Crippen LogP contribution in [0.4, 0.5) is 9.39 Å². The summed E-state index contributed by atoms with van der Waals surface area (Å²) >= 11 is 1.43. The molecule has 0 radical (unpaired) electrons. The quantitative estimate of drug-likeness (QED) is 0.421. The summed E-state index contributed by atoms with van der Waals surface area (Å²) in [5.41, 5.74) is 4.50. The lowest BCUT2D eigenvalue weighted by Crippen LogP contribution is -2.13. The summed E-state index contributed by atoms with van der Waals surface area (Å²) in [6.45, 7) is 3.74. The van der Waals surface area contributed by atoms with Crippen LogP contribution in [0.5, 0.6) is 0 Å². The summed E-state index contributed by atoms with van der Waals surface area (Å²) in [6.07, 6.45) is 5.41. The maximum atomic E-state index is 13.7. The van der Waals surface area contributed by atoms with Crippen LogP contribution in [0.15, 0.2) is 35.9 Å². The number of hydrogen-bond acceptors (Lipinski definition) is 4. The Hall–Kier alpha value is -3.68. The highest BCUT2D eigenvalue weighted by Gasteiger charge is 2.23. The first kappa shape index (κ1) is 21.5. The third kappa shape index (κ3) is 3.95. The highest BCUT2D eigenvalue weighted by molar-refractivity contribution is 7.16. The Balaban J connectivity index is 1.65. The lowest BCUT2D eigenvalue weighted by molar-refractivity contribution is -0.112. The topological polar surface area (TPSA) is 81.6 Å². The number of fused-ring (bicyclic) bond motifs is 1. The van der Waals surface area contributed by atoms with Crippen LogP contribution in [0.25, 0.3) is 11.8 Å². The predicted molar refractivity (Wildman–Crippen MR) is 123 cm³/mol. The van der Waals surface area contributed by atoms with E-state index in [-0.39, 0.29) is 11.4 Å². The van der Waals surface area contributed by atoms with Crippen molar-refractivity contribution in [3.05, 3.63) is 74.7 Å². The van der Waals surface area contributed by atoms with Crippen molar-refractivity contribution in [3.8, 4) is 17.8 Å². The molecule has 0 atom stereocenters. The molecule has 3 aromatic rings. The largest absolute Gasteiger partial charge is 0.318 e. The third-order valence-corrected chi connectivity index (χ3v) is 6.92. The normalized spacial score (nSPS) is 13.2. The number of anilines is 1. The molecule has 0 fully saturated rings. The van der Waals surface area contributed by atoms with E-state index in [0.717, 1.165) is 47.5 Å². The molecule has 4 rings (SSSR count). The van der Waals surface area contributed by atoms with E-state index in [1.54, 1.807) is 12.1 Å². The maximum Gasteiger partial charge on any atom is 0.266 e. The van der Waals surface area contributed by atoms with Gasteiger partial charge < -0.3 is 9.88 Å². The minimum absolute atomic E-state index is 0.0558. The molecule has 0 unspecified atom stereocenters. The number of rotatable bonds is 4. The standard InChI is InChI=1S/C25H21FN4OS/c1-15-10-17(16(2)30(15)20-7-5-6-19(26)12-20)11-18(13-27)24(31)29-25-22(14-28)21-8-3-4-9-23(21)32-25/h5-7,10-12H,3-4,8-9H2,1-2H3,(H,29,31). The van der Waals surface area contributed by atoms with E-state index in [0.29, 0.717) is 21.8 Å². The van der Waals surface area contributed by atoms with Gasteiger partial charge in [0.15, 0.2) is 0 Å². The molecule has 0 saturated carbocycles. The lowest BCUT2D eigenvalue weighted by atomic mass is 9.96. The molecule has 1 aromatic carbocycles. The summed E-state index contributed by atoms with van der Waals surface area (Å²) in [4.78, 5) is 14.0. The SMILES string of the molecule is Cc1cc(C=C(C#N)C(=O)Nc2sc3c(c2C#N)CCCC3)c(C)n1-c1cccc(F)c1. The number of hydrogen-bond donors (Lipinski definition) is 1. The fourth-order valence-electron chi connectivity index (χ4n) is 4.19. The van der Waals surface area contributed by atoms with Gasteiger partial charge in [-0.05, 0) is 81.0 Å². The van der Waals surface area contributed by atoms with Crippen LogP contribution < -0.4 is 5.32 Å². The fourth-order valence-corrected chi connectivity index (χ4v) is 5.43. The third-order valence-electron chi connectivity index (χ3n) is 5.71. The molecule has 2 heterocycles. The van der Waals surface area contributed by atoms with Crippen LogP contribution in [-0.2, 0) is 17.6 Å². The van der Waals surface area contributed by atoms with Gasteiger partial charge in [0.2, 0.25) is 0 Å². The number of halogens is 1. The van der Waals surface area contributed by atoms with E-state index < -0.39 is 5.91 Å². The minimum Gasteiger partial charge on any atom is -0.318 e. The maximum absolute atomic E-state index is 13.7. The van der Waals surface area contributed by atoms with E-state index in [2.05, 4.69) is 11.4 Å². The molecule has 32 heavy (non-hydrogen) atoms. The molecule has 0 aliphatic heterocycles. The Morgan fingerprint density at radius 1 is 1.22 bits per heavy atom. The van der Waals surface area contributed by atoms with Gasteiger partial charge in [0.25, 0.3) is 5.91 Å². The smallest absolute Gasteiger partial charge is 0.266 e. The number of carbonyl (C=O) groups is 1. The van der Waals surface area contributed by atoms with Crippen molar-refractivity contribution in [3.63, 3.8) is 0 Å². The number of aromatic nitrogens is 1. The second-order valence-electron chi connectivity index (χ2n) is 7.79. The first-order valence-corrected chi connectivity index (χ1v) is 11.2. The van der Waals surface area contributed by atoms with Crippen molar-refractivity contribution >= 4 is 28.3 Å². The Morgan fingerprint density at radius 3 is 2.72 bits per heavy atom. The number of nitrogens with one attached hydrogen (secondary N) is 1. The second kappa shape index (κ2) is 8.82. The Kier molecular flexibility index (Phi) is 5.94. The molecular weight excluding hydrogens is 423 g/mol. The van der Waals surface area contributed by atoms with Gasteiger partial charge in [-0.3, -0.25) is 4.79 Å². The molecule has 160 valence electrons. The van der Waals surface area contributed by atoms with Gasteiger partial charge in [0, 0.05) is 22.0 Å². The van der Waals surface area contributed by atoms with Crippen LogP contribution >= 0.6 is 11.3 Å². The zero-order valence-electron chi connectivity index (χ0n) is 17.8. The molecule has 1 amide bonds. The van der Waals surface area contributed by atoms with Gasteiger partial charge in [-0.15, -0.1) is 11.3 Å². The highest BCUT2D eigenvalue weighted by Crippen LogP contribution is 2.37. The van der Waals surface area contributed by atoms with Crippen LogP contribution in [0.3, 0.4) is 0 Å². The predicted octanol–water partition coefficient (Wildman–Crippen LogP) is 5.59. The van der Waals surface area contributed by atoms with Crippen molar-refractivity contribution < 1.29 is 9.18 Å². The van der Waals surface area contributed by atoms with E-state index >= 15 is 0 Å². The van der Waals surface area contributed by atoms with E-state index in [9.17, 15) is 19.7 Å². The first-order chi connectivity index (χ1) is 15.4. The molecule has 7 heteroatoms. The number of thiophene rings is 1. The van der Waals surface area contributed by atoms with Crippen molar-refractivity contribution in [1.29, 1.82) is 10.5 Å². The van der Waals surface area contributed by atoms with Gasteiger partial charge in [-0.2, -0.15) is 10.5 Å². The molecule has 0 bridgehead atoms. The molecule has 0 spiro atoms. The average molecular weight is 445 g/mol. The van der Waals surface area contributed by atoms with Crippen molar-refractivity contribution in [2.75, 3.05) is 5.32 Å². The van der Waals surface area contributed by atoms with Crippen LogP contribution in [0, 0.1) is 42.3 Å². The number of aryl methyl sites for hydroxylation is 2. The van der Waals surface area contributed by atoms with Gasteiger partial charge in [0.05, 0.1) is 5.56 Å². The molecule has 1 aliphatic carbocycles. The summed E-state index contributed by atoms with van der Waals surface area (Å²) in [5.74, 6) is -0.880. The van der Waals surface area contributed by atoms with Crippen LogP contribution in [0.1, 0.15) is 45.8 Å². The Morgan fingerprint density at radius 2 is 2.00 bits per heavy atom. The zero-order valence-corrected chi connectivity index (χ0v) is 18.6. The number of nitriles is 2. The van der Waals surface area contributed by atoms with Gasteiger partial charge in [-0.25, -0.2) is 4.39 Å². The van der Waals surface area contributed by atoms with Crippen LogP contribution in [0.2, 0.25) is 0 Å². The molecule has 1 N–H and O–H groups in total. The van der Waals surface area contributed by atoms with Crippen molar-refractivity contribution in [1.82, 2.24) is 4.57 Å². The molecule has 2 aromatic heterocycles. The molecule has 1 aliphatic rings. The van der Waals surface area contributed by atoms with E-state index in [4.69, 9.17) is 0 Å². The number of benzene rings is 1. The first-order valence-electron chi connectivity index (χ1n) is 10.4. The monoisotopic (exact) mass is 444 g/mol. The average Bonchev–Trinajstić information content (AvgIpc) is 3.27.